The van der Waals surface area contributed by atoms with Crippen LogP contribution in [0.3, 0.4) is 0 Å². The number of halogens is 2. The molecule has 2 N–H and O–H groups in total. The third-order valence-electron chi connectivity index (χ3n) is 1.92. The number of nitrogens with one attached hydrogen (secondary N) is 1. The van der Waals surface area contributed by atoms with Crippen molar-refractivity contribution in [2.75, 3.05) is 6.61 Å². The normalized spacial score (nSPS) is 12.9. The van der Waals surface area contributed by atoms with E-state index in [4.69, 9.17) is 28.3 Å². The molecule has 1 atom stereocenters. The summed E-state index contributed by atoms with van der Waals surface area (Å²) in [5.74, 6) is 0. The number of rotatable bonds is 4. The van der Waals surface area contributed by atoms with Crippen molar-refractivity contribution in [2.24, 2.45) is 0 Å². The fraction of sp³-hybridized carbons (Fsp3) is 0.400. The van der Waals surface area contributed by atoms with E-state index in [1.165, 1.54) is 0 Å². The molecule has 2 nitrogen and oxygen atoms in total. The van der Waals surface area contributed by atoms with Crippen molar-refractivity contribution in [1.29, 1.82) is 0 Å². The van der Waals surface area contributed by atoms with Gasteiger partial charge in [0.15, 0.2) is 0 Å². The molecule has 0 saturated heterocycles. The lowest BCUT2D eigenvalue weighted by atomic mass is 10.2. The minimum absolute atomic E-state index is 0.0602. The second-order valence-corrected chi connectivity index (χ2v) is 4.04. The Bertz CT molecular complexity index is 304. The maximum Gasteiger partial charge on any atom is 0.0582 e. The minimum atomic E-state index is 0.0602. The summed E-state index contributed by atoms with van der Waals surface area (Å²) >= 11 is 11.8. The lowest BCUT2D eigenvalue weighted by Crippen LogP contribution is -2.28. The first-order chi connectivity index (χ1) is 6.63. The molecule has 4 heteroatoms. The molecule has 1 rings (SSSR count). The van der Waals surface area contributed by atoms with E-state index in [0.717, 1.165) is 5.56 Å². The summed E-state index contributed by atoms with van der Waals surface area (Å²) in [6.07, 6.45) is 0. The maximum absolute atomic E-state index is 8.82. The lowest BCUT2D eigenvalue weighted by molar-refractivity contribution is 0.251. The van der Waals surface area contributed by atoms with E-state index in [1.807, 2.05) is 13.0 Å². The third-order valence-corrected chi connectivity index (χ3v) is 2.53. The first-order valence-electron chi connectivity index (χ1n) is 4.41. The van der Waals surface area contributed by atoms with Gasteiger partial charge >= 0.3 is 0 Å². The van der Waals surface area contributed by atoms with E-state index in [-0.39, 0.29) is 12.6 Å². The van der Waals surface area contributed by atoms with Gasteiger partial charge in [-0.05, 0) is 30.7 Å². The lowest BCUT2D eigenvalue weighted by Gasteiger charge is -2.11. The van der Waals surface area contributed by atoms with Gasteiger partial charge in [-0.25, -0.2) is 0 Å². The van der Waals surface area contributed by atoms with Crippen LogP contribution in [0.1, 0.15) is 12.5 Å². The molecule has 0 spiro atoms. The summed E-state index contributed by atoms with van der Waals surface area (Å²) in [4.78, 5) is 0. The Labute approximate surface area is 93.8 Å². The van der Waals surface area contributed by atoms with Crippen molar-refractivity contribution >= 4 is 23.2 Å². The van der Waals surface area contributed by atoms with Crippen LogP contribution in [0.2, 0.25) is 10.0 Å². The van der Waals surface area contributed by atoms with Gasteiger partial charge in [0.05, 0.1) is 6.61 Å². The molecular weight excluding hydrogens is 221 g/mol. The van der Waals surface area contributed by atoms with Crippen molar-refractivity contribution in [2.45, 2.75) is 19.5 Å². The Morgan fingerprint density at radius 3 is 2.79 bits per heavy atom. The van der Waals surface area contributed by atoms with Crippen LogP contribution in [0.5, 0.6) is 0 Å². The van der Waals surface area contributed by atoms with E-state index >= 15 is 0 Å². The van der Waals surface area contributed by atoms with Crippen LogP contribution < -0.4 is 5.32 Å². The molecule has 0 aliphatic heterocycles. The van der Waals surface area contributed by atoms with Crippen LogP contribution in [-0.4, -0.2) is 17.8 Å². The number of hydrogen-bond acceptors (Lipinski definition) is 2. The fourth-order valence-corrected chi connectivity index (χ4v) is 1.41. The second kappa shape index (κ2) is 5.56. The van der Waals surface area contributed by atoms with Crippen LogP contribution in [-0.2, 0) is 6.54 Å². The maximum atomic E-state index is 8.82. The van der Waals surface area contributed by atoms with Gasteiger partial charge in [0.2, 0.25) is 0 Å². The third kappa shape index (κ3) is 3.46. The second-order valence-electron chi connectivity index (χ2n) is 3.20. The SMILES string of the molecule is C[C@H](CO)NCc1cc(Cl)ccc1Cl. The highest BCUT2D eigenvalue weighted by Gasteiger charge is 2.03. The highest BCUT2D eigenvalue weighted by Crippen LogP contribution is 2.20. The molecule has 0 fully saturated rings. The molecule has 78 valence electrons. The van der Waals surface area contributed by atoms with Crippen molar-refractivity contribution in [3.63, 3.8) is 0 Å². The van der Waals surface area contributed by atoms with E-state index in [2.05, 4.69) is 5.32 Å². The zero-order valence-corrected chi connectivity index (χ0v) is 9.44. The molecule has 1 aromatic carbocycles. The Morgan fingerprint density at radius 2 is 2.14 bits per heavy atom. The van der Waals surface area contributed by atoms with Gasteiger partial charge in [0, 0.05) is 22.6 Å². The summed E-state index contributed by atoms with van der Waals surface area (Å²) in [6.45, 7) is 2.62. The average Bonchev–Trinajstić information content (AvgIpc) is 2.19. The van der Waals surface area contributed by atoms with Crippen LogP contribution in [0.15, 0.2) is 18.2 Å². The number of aliphatic hydroxyl groups is 1. The van der Waals surface area contributed by atoms with Crippen LogP contribution in [0.4, 0.5) is 0 Å². The monoisotopic (exact) mass is 233 g/mol. The number of hydrogen-bond donors (Lipinski definition) is 2. The summed E-state index contributed by atoms with van der Waals surface area (Å²) in [7, 11) is 0. The topological polar surface area (TPSA) is 32.3 Å². The van der Waals surface area contributed by atoms with E-state index in [1.54, 1.807) is 12.1 Å². The number of aliphatic hydroxyl groups excluding tert-OH is 1. The molecule has 0 saturated carbocycles. The van der Waals surface area contributed by atoms with Gasteiger partial charge in [-0.1, -0.05) is 23.2 Å². The molecule has 14 heavy (non-hydrogen) atoms. The van der Waals surface area contributed by atoms with Crippen LogP contribution in [0, 0.1) is 0 Å². The Hall–Kier alpha value is -0.280. The molecule has 0 aromatic heterocycles. The summed E-state index contributed by atoms with van der Waals surface area (Å²) in [5, 5.41) is 13.3. The Kier molecular flexibility index (Phi) is 4.69. The van der Waals surface area contributed by atoms with E-state index < -0.39 is 0 Å². The van der Waals surface area contributed by atoms with Crippen LogP contribution in [0.25, 0.3) is 0 Å². The van der Waals surface area contributed by atoms with Gasteiger partial charge in [0.1, 0.15) is 0 Å². The smallest absolute Gasteiger partial charge is 0.0582 e. The Morgan fingerprint density at radius 1 is 1.43 bits per heavy atom. The number of benzene rings is 1. The molecule has 0 radical (unpaired) electrons. The van der Waals surface area contributed by atoms with E-state index in [0.29, 0.717) is 16.6 Å². The standard InChI is InChI=1S/C10H13Cl2NO/c1-7(6-14)13-5-8-4-9(11)2-3-10(8)12/h2-4,7,13-14H,5-6H2,1H3/t7-/m1/s1. The minimum Gasteiger partial charge on any atom is -0.395 e. The first-order valence-corrected chi connectivity index (χ1v) is 5.17. The van der Waals surface area contributed by atoms with Crippen molar-refractivity contribution in [1.82, 2.24) is 5.32 Å². The summed E-state index contributed by atoms with van der Waals surface area (Å²) in [6, 6.07) is 5.40. The van der Waals surface area contributed by atoms with Gasteiger partial charge in [-0.3, -0.25) is 0 Å². The molecule has 0 aliphatic carbocycles. The molecule has 0 aliphatic rings. The predicted molar refractivity (Wildman–Crippen MR) is 59.8 cm³/mol. The fourth-order valence-electron chi connectivity index (χ4n) is 1.03. The molecule has 0 unspecified atom stereocenters. The quantitative estimate of drug-likeness (QED) is 0.838. The predicted octanol–water partition coefficient (Wildman–Crippen LogP) is 2.46. The zero-order chi connectivity index (χ0) is 10.6. The Balaban J connectivity index is 2.62. The summed E-state index contributed by atoms with van der Waals surface area (Å²) in [5.41, 5.74) is 0.944. The summed E-state index contributed by atoms with van der Waals surface area (Å²) < 4.78 is 0. The van der Waals surface area contributed by atoms with E-state index in [9.17, 15) is 0 Å². The van der Waals surface area contributed by atoms with Crippen molar-refractivity contribution in [3.8, 4) is 0 Å². The molecule has 0 heterocycles. The van der Waals surface area contributed by atoms with Gasteiger partial charge in [0.25, 0.3) is 0 Å². The van der Waals surface area contributed by atoms with Crippen molar-refractivity contribution < 1.29 is 5.11 Å². The van der Waals surface area contributed by atoms with Gasteiger partial charge in [-0.15, -0.1) is 0 Å². The molecule has 1 aromatic rings. The molecular formula is C10H13Cl2NO. The van der Waals surface area contributed by atoms with Gasteiger partial charge < -0.3 is 10.4 Å². The first kappa shape index (κ1) is 11.8. The molecule has 0 bridgehead atoms. The highest BCUT2D eigenvalue weighted by atomic mass is 35.5. The molecule has 0 amide bonds. The highest BCUT2D eigenvalue weighted by molar-refractivity contribution is 6.33. The van der Waals surface area contributed by atoms with Gasteiger partial charge in [-0.2, -0.15) is 0 Å². The largest absolute Gasteiger partial charge is 0.395 e. The van der Waals surface area contributed by atoms with Crippen LogP contribution >= 0.6 is 23.2 Å². The van der Waals surface area contributed by atoms with Crippen molar-refractivity contribution in [3.05, 3.63) is 33.8 Å². The average molecular weight is 234 g/mol. The zero-order valence-electron chi connectivity index (χ0n) is 7.93.